The summed E-state index contributed by atoms with van der Waals surface area (Å²) in [6, 6.07) is 8.89. The maximum atomic E-state index is 2.39. The van der Waals surface area contributed by atoms with E-state index < -0.39 is 0 Å². The van der Waals surface area contributed by atoms with Crippen molar-refractivity contribution in [2.75, 3.05) is 0 Å². The van der Waals surface area contributed by atoms with Crippen molar-refractivity contribution in [2.24, 2.45) is 0 Å². The molecule has 1 unspecified atom stereocenters. The van der Waals surface area contributed by atoms with Crippen molar-refractivity contribution >= 4 is 0 Å². The molecule has 0 heteroatoms. The van der Waals surface area contributed by atoms with Crippen LogP contribution in [0.2, 0.25) is 0 Å². The zero-order chi connectivity index (χ0) is 18.2. The van der Waals surface area contributed by atoms with E-state index in [2.05, 4.69) is 45.0 Å². The van der Waals surface area contributed by atoms with Gasteiger partial charge in [-0.05, 0) is 30.4 Å². The Morgan fingerprint density at radius 3 is 1.56 bits per heavy atom. The Labute approximate surface area is 158 Å². The Hall–Kier alpha value is -0.780. The van der Waals surface area contributed by atoms with E-state index in [1.165, 1.54) is 102 Å². The highest BCUT2D eigenvalue weighted by Gasteiger charge is 2.07. The van der Waals surface area contributed by atoms with E-state index in [9.17, 15) is 0 Å². The molecule has 0 aliphatic carbocycles. The first-order valence-corrected chi connectivity index (χ1v) is 11.3. The molecule has 0 fully saturated rings. The van der Waals surface area contributed by atoms with E-state index in [1.807, 2.05) is 0 Å². The Morgan fingerprint density at radius 1 is 0.640 bits per heavy atom. The van der Waals surface area contributed by atoms with E-state index in [-0.39, 0.29) is 0 Å². The zero-order valence-electron chi connectivity index (χ0n) is 17.5. The molecule has 0 amide bonds. The van der Waals surface area contributed by atoms with Crippen molar-refractivity contribution in [3.8, 4) is 0 Å². The second-order valence-corrected chi connectivity index (χ2v) is 8.14. The standard InChI is InChI=1S/C25H44/c1-4-5-6-7-8-9-10-11-12-13-14-15-16-17-20-23(2)25-22-19-18-21-24(25)3/h18-19,21-23H,4-17,20H2,1-3H3. The minimum absolute atomic E-state index is 0.721. The SMILES string of the molecule is CCCCCCCCCCCCCCCCC(C)c1ccccc1C. The molecule has 0 aliphatic rings. The molecular weight excluding hydrogens is 300 g/mol. The molecular formula is C25H44. The van der Waals surface area contributed by atoms with Crippen LogP contribution in [0.4, 0.5) is 0 Å². The largest absolute Gasteiger partial charge is 0.0654 e. The minimum atomic E-state index is 0.721. The number of hydrogen-bond acceptors (Lipinski definition) is 0. The molecule has 0 aliphatic heterocycles. The fourth-order valence-corrected chi connectivity index (χ4v) is 3.94. The molecule has 0 saturated heterocycles. The Kier molecular flexibility index (Phi) is 13.8. The summed E-state index contributed by atoms with van der Waals surface area (Å²) in [7, 11) is 0. The molecule has 0 saturated carbocycles. The van der Waals surface area contributed by atoms with E-state index in [4.69, 9.17) is 0 Å². The normalized spacial score (nSPS) is 12.4. The van der Waals surface area contributed by atoms with Gasteiger partial charge in [0.2, 0.25) is 0 Å². The fraction of sp³-hybridized carbons (Fsp3) is 0.760. The van der Waals surface area contributed by atoms with Gasteiger partial charge in [-0.15, -0.1) is 0 Å². The van der Waals surface area contributed by atoms with Gasteiger partial charge in [0.1, 0.15) is 0 Å². The fourth-order valence-electron chi connectivity index (χ4n) is 3.94. The van der Waals surface area contributed by atoms with Crippen LogP contribution in [0, 0.1) is 6.92 Å². The topological polar surface area (TPSA) is 0 Å². The van der Waals surface area contributed by atoms with Crippen molar-refractivity contribution in [3.63, 3.8) is 0 Å². The highest BCUT2D eigenvalue weighted by Crippen LogP contribution is 2.25. The lowest BCUT2D eigenvalue weighted by Gasteiger charge is -2.14. The molecule has 25 heavy (non-hydrogen) atoms. The predicted octanol–water partition coefficient (Wildman–Crippen LogP) is 8.97. The maximum Gasteiger partial charge on any atom is -0.0188 e. The van der Waals surface area contributed by atoms with Gasteiger partial charge in [0.05, 0.1) is 0 Å². The predicted molar refractivity (Wildman–Crippen MR) is 115 cm³/mol. The Bertz CT molecular complexity index is 406. The number of rotatable bonds is 16. The van der Waals surface area contributed by atoms with Gasteiger partial charge in [0.15, 0.2) is 0 Å². The van der Waals surface area contributed by atoms with Crippen molar-refractivity contribution in [1.29, 1.82) is 0 Å². The maximum absolute atomic E-state index is 2.39. The first-order chi connectivity index (χ1) is 12.3. The highest BCUT2D eigenvalue weighted by atomic mass is 14.1. The first-order valence-electron chi connectivity index (χ1n) is 11.3. The average Bonchev–Trinajstić information content (AvgIpc) is 2.62. The summed E-state index contributed by atoms with van der Waals surface area (Å²) < 4.78 is 0. The third-order valence-corrected chi connectivity index (χ3v) is 5.71. The second-order valence-electron chi connectivity index (χ2n) is 8.14. The number of aryl methyl sites for hydroxylation is 1. The quantitative estimate of drug-likeness (QED) is 0.262. The summed E-state index contributed by atoms with van der Waals surface area (Å²) in [6.07, 6.45) is 21.6. The zero-order valence-corrected chi connectivity index (χ0v) is 17.5. The van der Waals surface area contributed by atoms with Crippen molar-refractivity contribution < 1.29 is 0 Å². The third kappa shape index (κ3) is 11.4. The molecule has 1 aromatic rings. The summed E-state index contributed by atoms with van der Waals surface area (Å²) in [6.45, 7) is 6.94. The lowest BCUT2D eigenvalue weighted by atomic mass is 9.91. The smallest absolute Gasteiger partial charge is 0.0188 e. The van der Waals surface area contributed by atoms with Crippen molar-refractivity contribution in [1.82, 2.24) is 0 Å². The molecule has 0 heterocycles. The van der Waals surface area contributed by atoms with Gasteiger partial charge in [0, 0.05) is 0 Å². The molecule has 0 N–H and O–H groups in total. The number of unbranched alkanes of at least 4 members (excludes halogenated alkanes) is 13. The van der Waals surface area contributed by atoms with E-state index in [0.29, 0.717) is 0 Å². The van der Waals surface area contributed by atoms with Gasteiger partial charge >= 0.3 is 0 Å². The molecule has 1 aromatic carbocycles. The highest BCUT2D eigenvalue weighted by molar-refractivity contribution is 5.28. The number of benzene rings is 1. The minimum Gasteiger partial charge on any atom is -0.0654 e. The van der Waals surface area contributed by atoms with Crippen molar-refractivity contribution in [3.05, 3.63) is 35.4 Å². The van der Waals surface area contributed by atoms with Crippen LogP contribution in [-0.4, -0.2) is 0 Å². The average molecular weight is 345 g/mol. The number of hydrogen-bond donors (Lipinski definition) is 0. The summed E-state index contributed by atoms with van der Waals surface area (Å²) in [5.41, 5.74) is 3.01. The van der Waals surface area contributed by atoms with Crippen LogP contribution < -0.4 is 0 Å². The first kappa shape index (κ1) is 22.3. The molecule has 1 rings (SSSR count). The van der Waals surface area contributed by atoms with Crippen LogP contribution in [0.25, 0.3) is 0 Å². The van der Waals surface area contributed by atoms with Gasteiger partial charge in [-0.2, -0.15) is 0 Å². The molecule has 1 atom stereocenters. The lowest BCUT2D eigenvalue weighted by Crippen LogP contribution is -1.96. The Morgan fingerprint density at radius 2 is 1.08 bits per heavy atom. The molecule has 0 nitrogen and oxygen atoms in total. The van der Waals surface area contributed by atoms with Gasteiger partial charge in [-0.1, -0.05) is 128 Å². The summed E-state index contributed by atoms with van der Waals surface area (Å²) in [5.74, 6) is 0.721. The molecule has 144 valence electrons. The third-order valence-electron chi connectivity index (χ3n) is 5.71. The molecule has 0 bridgehead atoms. The summed E-state index contributed by atoms with van der Waals surface area (Å²) in [5, 5.41) is 0. The molecule has 0 spiro atoms. The van der Waals surface area contributed by atoms with Gasteiger partial charge in [0.25, 0.3) is 0 Å². The van der Waals surface area contributed by atoms with E-state index in [1.54, 1.807) is 5.56 Å². The Balaban J connectivity index is 1.85. The molecule has 0 radical (unpaired) electrons. The lowest BCUT2D eigenvalue weighted by molar-refractivity contribution is 0.524. The van der Waals surface area contributed by atoms with E-state index >= 15 is 0 Å². The van der Waals surface area contributed by atoms with Crippen LogP contribution >= 0.6 is 0 Å². The summed E-state index contributed by atoms with van der Waals surface area (Å²) >= 11 is 0. The monoisotopic (exact) mass is 344 g/mol. The van der Waals surface area contributed by atoms with Crippen molar-refractivity contribution in [2.45, 2.75) is 123 Å². The van der Waals surface area contributed by atoms with Crippen LogP contribution in [0.3, 0.4) is 0 Å². The van der Waals surface area contributed by atoms with Crippen LogP contribution in [0.5, 0.6) is 0 Å². The molecule has 0 aromatic heterocycles. The van der Waals surface area contributed by atoms with Gasteiger partial charge < -0.3 is 0 Å². The van der Waals surface area contributed by atoms with Gasteiger partial charge in [-0.3, -0.25) is 0 Å². The van der Waals surface area contributed by atoms with Crippen LogP contribution in [0.1, 0.15) is 127 Å². The second kappa shape index (κ2) is 15.5. The van der Waals surface area contributed by atoms with Crippen LogP contribution in [0.15, 0.2) is 24.3 Å². The van der Waals surface area contributed by atoms with Crippen LogP contribution in [-0.2, 0) is 0 Å². The summed E-state index contributed by atoms with van der Waals surface area (Å²) in [4.78, 5) is 0. The van der Waals surface area contributed by atoms with Gasteiger partial charge in [-0.25, -0.2) is 0 Å². The van der Waals surface area contributed by atoms with E-state index in [0.717, 1.165) is 5.92 Å².